The molecular formula is C28H32ClFN2O3S. The molecule has 1 aliphatic heterocycles. The van der Waals surface area contributed by atoms with Gasteiger partial charge < -0.3 is 14.7 Å². The Bertz CT molecular complexity index is 1220. The van der Waals surface area contributed by atoms with Gasteiger partial charge in [-0.25, -0.2) is 4.39 Å². The molecule has 1 aliphatic rings. The molecule has 3 aromatic rings. The number of rotatable bonds is 10. The molecule has 2 aromatic carbocycles. The first kappa shape index (κ1) is 26.7. The fourth-order valence-corrected chi connectivity index (χ4v) is 6.23. The first-order valence-electron chi connectivity index (χ1n) is 12.2. The number of alkyl halides is 1. The topological polar surface area (TPSA) is 62.7 Å². The van der Waals surface area contributed by atoms with E-state index in [1.165, 1.54) is 16.7 Å². The highest BCUT2D eigenvalue weighted by Gasteiger charge is 2.41. The molecule has 0 saturated carbocycles. The molecule has 0 amide bonds. The number of pyridine rings is 1. The summed E-state index contributed by atoms with van der Waals surface area (Å²) in [6.45, 7) is 4.39. The van der Waals surface area contributed by atoms with Crippen LogP contribution >= 0.6 is 23.4 Å². The number of benzene rings is 2. The van der Waals surface area contributed by atoms with E-state index in [4.69, 9.17) is 16.3 Å². The molecular weight excluding hydrogens is 499 g/mol. The van der Waals surface area contributed by atoms with Gasteiger partial charge in [-0.3, -0.25) is 9.78 Å². The number of halogens is 2. The Hall–Kier alpha value is -2.35. The standard InChI is InChI=1S/C28H32ClFN2O3S/c1-19-4-3-5-21(16-19)36-15-14-32-12-10-28(11-13-32,27(33)34)9-8-24(30)26-22-17-20(35-2)6-7-25(22)31-18-23(26)29/h3-7,16-18,24H,8-15H2,1-2H3,(H,33,34). The summed E-state index contributed by atoms with van der Waals surface area (Å²) in [4.78, 5) is 20.2. The largest absolute Gasteiger partial charge is 0.497 e. The van der Waals surface area contributed by atoms with Crippen LogP contribution in [0.4, 0.5) is 4.39 Å². The van der Waals surface area contributed by atoms with Gasteiger partial charge in [0.25, 0.3) is 0 Å². The van der Waals surface area contributed by atoms with Crippen LogP contribution in [0.3, 0.4) is 0 Å². The lowest BCUT2D eigenvalue weighted by Gasteiger charge is -2.39. The zero-order chi connectivity index (χ0) is 25.7. The number of likely N-dealkylation sites (tertiary alicyclic amines) is 1. The molecule has 4 rings (SSSR count). The maximum atomic E-state index is 15.6. The van der Waals surface area contributed by atoms with Gasteiger partial charge in [-0.2, -0.15) is 0 Å². The summed E-state index contributed by atoms with van der Waals surface area (Å²) >= 11 is 8.18. The van der Waals surface area contributed by atoms with E-state index >= 15 is 4.39 Å². The minimum absolute atomic E-state index is 0.0888. The van der Waals surface area contributed by atoms with Crippen molar-refractivity contribution >= 4 is 40.2 Å². The van der Waals surface area contributed by atoms with Crippen molar-refractivity contribution in [3.63, 3.8) is 0 Å². The first-order valence-corrected chi connectivity index (χ1v) is 13.6. The molecule has 0 spiro atoms. The Morgan fingerprint density at radius 1 is 1.28 bits per heavy atom. The Kier molecular flexibility index (Phi) is 8.75. The number of piperidine rings is 1. The Morgan fingerprint density at radius 3 is 2.75 bits per heavy atom. The second-order valence-electron chi connectivity index (χ2n) is 9.50. The number of aryl methyl sites for hydroxylation is 1. The predicted molar refractivity (Wildman–Crippen MR) is 144 cm³/mol. The zero-order valence-corrected chi connectivity index (χ0v) is 22.2. The van der Waals surface area contributed by atoms with Crippen molar-refractivity contribution in [1.29, 1.82) is 0 Å². The minimum Gasteiger partial charge on any atom is -0.497 e. The van der Waals surface area contributed by atoms with Crippen molar-refractivity contribution in [2.24, 2.45) is 5.41 Å². The third-order valence-corrected chi connectivity index (χ3v) is 8.47. The molecule has 2 heterocycles. The van der Waals surface area contributed by atoms with Gasteiger partial charge in [-0.05, 0) is 76.0 Å². The number of methoxy groups -OCH3 is 1. The molecule has 1 saturated heterocycles. The average Bonchev–Trinajstić information content (AvgIpc) is 2.87. The molecule has 0 aliphatic carbocycles. The third-order valence-electron chi connectivity index (χ3n) is 7.19. The second kappa shape index (κ2) is 11.8. The van der Waals surface area contributed by atoms with Gasteiger partial charge in [0.1, 0.15) is 11.9 Å². The summed E-state index contributed by atoms with van der Waals surface area (Å²) in [6.07, 6.45) is 1.45. The Balaban J connectivity index is 1.37. The number of hydrogen-bond acceptors (Lipinski definition) is 5. The van der Waals surface area contributed by atoms with Gasteiger partial charge in [-0.15, -0.1) is 11.8 Å². The number of aromatic nitrogens is 1. The fourth-order valence-electron chi connectivity index (χ4n) is 4.93. The molecule has 5 nitrogen and oxygen atoms in total. The van der Waals surface area contributed by atoms with Gasteiger partial charge in [0, 0.05) is 34.3 Å². The Morgan fingerprint density at radius 2 is 2.06 bits per heavy atom. The monoisotopic (exact) mass is 530 g/mol. The van der Waals surface area contributed by atoms with Crippen LogP contribution in [0.15, 0.2) is 53.6 Å². The van der Waals surface area contributed by atoms with Crippen LogP contribution in [0.5, 0.6) is 5.75 Å². The van der Waals surface area contributed by atoms with E-state index in [1.807, 2.05) is 11.8 Å². The third kappa shape index (κ3) is 6.13. The Labute approximate surface area is 221 Å². The quantitative estimate of drug-likeness (QED) is 0.286. The fraction of sp³-hybridized carbons (Fsp3) is 0.429. The van der Waals surface area contributed by atoms with E-state index in [2.05, 4.69) is 41.1 Å². The number of nitrogens with zero attached hydrogens (tertiary/aromatic N) is 2. The normalized spacial score (nSPS) is 16.7. The van der Waals surface area contributed by atoms with Crippen molar-refractivity contribution in [2.75, 3.05) is 32.5 Å². The summed E-state index contributed by atoms with van der Waals surface area (Å²) in [6, 6.07) is 13.7. The molecule has 1 aromatic heterocycles. The average molecular weight is 531 g/mol. The first-order chi connectivity index (χ1) is 17.3. The lowest BCUT2D eigenvalue weighted by atomic mass is 9.74. The van der Waals surface area contributed by atoms with Crippen molar-refractivity contribution in [2.45, 2.75) is 43.7 Å². The van der Waals surface area contributed by atoms with E-state index in [0.29, 0.717) is 48.1 Å². The van der Waals surface area contributed by atoms with E-state index in [9.17, 15) is 9.90 Å². The number of thioether (sulfide) groups is 1. The van der Waals surface area contributed by atoms with E-state index in [1.54, 1.807) is 25.3 Å². The molecule has 1 fully saturated rings. The maximum absolute atomic E-state index is 15.6. The van der Waals surface area contributed by atoms with Gasteiger partial charge in [-0.1, -0.05) is 29.3 Å². The van der Waals surface area contributed by atoms with Crippen molar-refractivity contribution < 1.29 is 19.0 Å². The minimum atomic E-state index is -1.39. The molecule has 36 heavy (non-hydrogen) atoms. The SMILES string of the molecule is COc1ccc2ncc(Cl)c(C(F)CCC3(C(=O)O)CCN(CCSc4cccc(C)c4)CC3)c2c1. The summed E-state index contributed by atoms with van der Waals surface area (Å²) in [7, 11) is 1.55. The van der Waals surface area contributed by atoms with Gasteiger partial charge in [0.15, 0.2) is 0 Å². The van der Waals surface area contributed by atoms with Crippen molar-refractivity contribution in [3.8, 4) is 5.75 Å². The van der Waals surface area contributed by atoms with Crippen LogP contribution in [-0.2, 0) is 4.79 Å². The highest BCUT2D eigenvalue weighted by molar-refractivity contribution is 7.99. The maximum Gasteiger partial charge on any atom is 0.309 e. The summed E-state index contributed by atoms with van der Waals surface area (Å²) in [5.74, 6) is 0.707. The van der Waals surface area contributed by atoms with Gasteiger partial charge in [0.2, 0.25) is 0 Å². The molecule has 192 valence electrons. The van der Waals surface area contributed by atoms with E-state index in [-0.39, 0.29) is 17.9 Å². The molecule has 0 bridgehead atoms. The lowest BCUT2D eigenvalue weighted by Crippen LogP contribution is -2.45. The predicted octanol–water partition coefficient (Wildman–Crippen LogP) is 6.96. The number of carbonyl (C=O) groups is 1. The summed E-state index contributed by atoms with van der Waals surface area (Å²) in [5, 5.41) is 10.9. The van der Waals surface area contributed by atoms with Crippen molar-refractivity contribution in [3.05, 3.63) is 64.8 Å². The van der Waals surface area contributed by atoms with Crippen LogP contribution in [0.25, 0.3) is 10.9 Å². The summed E-state index contributed by atoms with van der Waals surface area (Å²) < 4.78 is 20.9. The van der Waals surface area contributed by atoms with Crippen molar-refractivity contribution in [1.82, 2.24) is 9.88 Å². The highest BCUT2D eigenvalue weighted by atomic mass is 35.5. The van der Waals surface area contributed by atoms with Gasteiger partial charge >= 0.3 is 5.97 Å². The van der Waals surface area contributed by atoms with Crippen LogP contribution in [0.2, 0.25) is 5.02 Å². The molecule has 8 heteroatoms. The van der Waals surface area contributed by atoms with Crippen LogP contribution in [-0.4, -0.2) is 53.5 Å². The molecule has 0 radical (unpaired) electrons. The number of carboxylic acid groups (broad SMARTS) is 1. The van der Waals surface area contributed by atoms with Crippen LogP contribution in [0.1, 0.15) is 43.0 Å². The van der Waals surface area contributed by atoms with Gasteiger partial charge in [0.05, 0.1) is 23.1 Å². The number of hydrogen-bond donors (Lipinski definition) is 1. The number of fused-ring (bicyclic) bond motifs is 1. The lowest BCUT2D eigenvalue weighted by molar-refractivity contribution is -0.153. The molecule has 1 unspecified atom stereocenters. The van der Waals surface area contributed by atoms with E-state index in [0.717, 1.165) is 12.3 Å². The van der Waals surface area contributed by atoms with Crippen LogP contribution in [0, 0.1) is 12.3 Å². The second-order valence-corrected chi connectivity index (χ2v) is 11.1. The number of carboxylic acids is 1. The smallest absolute Gasteiger partial charge is 0.309 e. The molecule has 1 N–H and O–H groups in total. The highest BCUT2D eigenvalue weighted by Crippen LogP contribution is 2.42. The van der Waals surface area contributed by atoms with Crippen LogP contribution < -0.4 is 4.74 Å². The summed E-state index contributed by atoms with van der Waals surface area (Å²) in [5.41, 5.74) is 1.31. The van der Waals surface area contributed by atoms with E-state index < -0.39 is 17.6 Å². The molecule has 1 atom stereocenters. The zero-order valence-electron chi connectivity index (χ0n) is 20.7. The number of ether oxygens (including phenoxy) is 1. The number of aliphatic carboxylic acids is 1.